The average Bonchev–Trinajstić information content (AvgIpc) is 2.73. The zero-order valence-corrected chi connectivity index (χ0v) is 18.7. The van der Waals surface area contributed by atoms with E-state index in [4.69, 9.17) is 26.3 Å². The predicted octanol–water partition coefficient (Wildman–Crippen LogP) is 4.28. The first-order chi connectivity index (χ1) is 15.5. The number of halogens is 4. The monoisotopic (exact) mass is 479 g/mol. The summed E-state index contributed by atoms with van der Waals surface area (Å²) in [5, 5.41) is 8.96. The molecule has 0 N–H and O–H groups in total. The van der Waals surface area contributed by atoms with Gasteiger partial charge in [0.05, 0.1) is 31.1 Å². The highest BCUT2D eigenvalue weighted by Crippen LogP contribution is 2.35. The van der Waals surface area contributed by atoms with E-state index in [0.717, 1.165) is 23.0 Å². The fourth-order valence-electron chi connectivity index (χ4n) is 3.04. The van der Waals surface area contributed by atoms with Crippen LogP contribution in [0.3, 0.4) is 0 Å². The highest BCUT2D eigenvalue weighted by atomic mass is 35.5. The van der Waals surface area contributed by atoms with Crippen LogP contribution >= 0.6 is 11.6 Å². The van der Waals surface area contributed by atoms with Crippen LogP contribution in [0.5, 0.6) is 17.4 Å². The number of hydrogen-bond acceptors (Lipinski definition) is 7. The lowest BCUT2D eigenvalue weighted by Crippen LogP contribution is -2.27. The van der Waals surface area contributed by atoms with E-state index < -0.39 is 40.1 Å². The molecule has 0 aliphatic heterocycles. The van der Waals surface area contributed by atoms with E-state index in [-0.39, 0.29) is 17.4 Å². The summed E-state index contributed by atoms with van der Waals surface area (Å²) in [5.74, 6) is -5.71. The van der Waals surface area contributed by atoms with Gasteiger partial charge in [0, 0.05) is 23.7 Å². The van der Waals surface area contributed by atoms with E-state index in [2.05, 4.69) is 15.0 Å². The smallest absolute Gasteiger partial charge is 0.297 e. The average molecular weight is 480 g/mol. The van der Waals surface area contributed by atoms with Crippen molar-refractivity contribution in [3.8, 4) is 23.4 Å². The molecule has 3 aromatic rings. The number of aromatic nitrogens is 4. The van der Waals surface area contributed by atoms with Crippen LogP contribution in [-0.2, 0) is 12.5 Å². The van der Waals surface area contributed by atoms with Gasteiger partial charge in [-0.2, -0.15) is 19.0 Å². The third-order valence-corrected chi connectivity index (χ3v) is 4.78. The Kier molecular flexibility index (Phi) is 6.60. The molecule has 2 heterocycles. The molecular weight excluding hydrogens is 463 g/mol. The van der Waals surface area contributed by atoms with Gasteiger partial charge in [-0.05, 0) is 19.9 Å². The van der Waals surface area contributed by atoms with Crippen molar-refractivity contribution in [3.63, 3.8) is 0 Å². The number of nitrogens with zero attached hydrogens (tertiary/aromatic N) is 5. The third kappa shape index (κ3) is 4.90. The Morgan fingerprint density at radius 2 is 1.97 bits per heavy atom. The van der Waals surface area contributed by atoms with Crippen LogP contribution in [0.1, 0.15) is 35.3 Å². The van der Waals surface area contributed by atoms with Crippen molar-refractivity contribution in [3.05, 3.63) is 68.0 Å². The fraction of sp³-hybridized carbons (Fsp3) is 0.286. The summed E-state index contributed by atoms with van der Waals surface area (Å²) in [7, 11) is 1.38. The van der Waals surface area contributed by atoms with Gasteiger partial charge >= 0.3 is 0 Å². The Hall–Kier alpha value is -3.65. The van der Waals surface area contributed by atoms with Crippen molar-refractivity contribution >= 4 is 11.6 Å². The highest BCUT2D eigenvalue weighted by molar-refractivity contribution is 6.30. The molecular formula is C21H17ClF3N5O3. The summed E-state index contributed by atoms with van der Waals surface area (Å²) < 4.78 is 54.5. The number of hydrogen-bond donors (Lipinski definition) is 0. The third-order valence-electron chi connectivity index (χ3n) is 4.56. The molecule has 3 rings (SSSR count). The molecule has 0 aliphatic rings. The number of aryl methyl sites for hydroxylation is 2. The van der Waals surface area contributed by atoms with Crippen LogP contribution in [0.25, 0.3) is 0 Å². The molecule has 0 saturated carbocycles. The van der Waals surface area contributed by atoms with E-state index in [9.17, 15) is 18.0 Å². The lowest BCUT2D eigenvalue weighted by molar-refractivity contribution is 0.0100. The molecule has 1 aromatic carbocycles. The first-order valence-corrected chi connectivity index (χ1v) is 9.76. The molecule has 0 atom stereocenters. The second-order valence-electron chi connectivity index (χ2n) is 7.07. The van der Waals surface area contributed by atoms with Crippen LogP contribution in [0.15, 0.2) is 23.3 Å². The van der Waals surface area contributed by atoms with Gasteiger partial charge in [0.1, 0.15) is 11.9 Å². The van der Waals surface area contributed by atoms with E-state index >= 15 is 0 Å². The van der Waals surface area contributed by atoms with Crippen LogP contribution < -0.4 is 15.0 Å². The summed E-state index contributed by atoms with van der Waals surface area (Å²) in [4.78, 5) is 25.2. The quantitative estimate of drug-likeness (QED) is 0.520. The Labute approximate surface area is 191 Å². The maximum atomic E-state index is 14.6. The van der Waals surface area contributed by atoms with E-state index in [1.165, 1.54) is 7.11 Å². The second kappa shape index (κ2) is 9.07. The fourth-order valence-corrected chi connectivity index (χ4v) is 3.25. The minimum atomic E-state index is -3.60. The maximum Gasteiger partial charge on any atom is 0.297 e. The van der Waals surface area contributed by atoms with Crippen molar-refractivity contribution in [2.45, 2.75) is 33.2 Å². The number of ether oxygens (including phenoxy) is 2. The van der Waals surface area contributed by atoms with E-state index in [0.29, 0.717) is 24.0 Å². The van der Waals surface area contributed by atoms with Gasteiger partial charge in [-0.15, -0.1) is 0 Å². The first-order valence-electron chi connectivity index (χ1n) is 9.39. The van der Waals surface area contributed by atoms with Gasteiger partial charge in [0.15, 0.2) is 17.3 Å². The largest absolute Gasteiger partial charge is 0.481 e. The molecule has 33 heavy (non-hydrogen) atoms. The summed E-state index contributed by atoms with van der Waals surface area (Å²) in [5.41, 5.74) is -1.61. The Morgan fingerprint density at radius 3 is 2.58 bits per heavy atom. The number of benzene rings is 1. The van der Waals surface area contributed by atoms with Crippen molar-refractivity contribution in [2.75, 3.05) is 7.11 Å². The van der Waals surface area contributed by atoms with E-state index in [1.54, 1.807) is 19.9 Å². The standard InChI is InChI=1S/C21H17ClF3N5O3/c1-10-14(19(32-4)29-11(2)28-10)8-30-9-27-18(21(3,24)25)17(20(30)31)33-15-6-13(22)5-12(7-26)16(15)23/h5-6,9H,8H2,1-4H3. The van der Waals surface area contributed by atoms with Gasteiger partial charge in [-0.1, -0.05) is 11.6 Å². The topological polar surface area (TPSA) is 103 Å². The van der Waals surface area contributed by atoms with Gasteiger partial charge in [0.25, 0.3) is 11.5 Å². The van der Waals surface area contributed by atoms with Gasteiger partial charge < -0.3 is 9.47 Å². The van der Waals surface area contributed by atoms with Crippen LogP contribution in [0.2, 0.25) is 5.02 Å². The van der Waals surface area contributed by atoms with Crippen molar-refractivity contribution in [1.82, 2.24) is 19.5 Å². The zero-order chi connectivity index (χ0) is 24.5. The number of methoxy groups -OCH3 is 1. The molecule has 0 saturated heterocycles. The molecule has 0 bridgehead atoms. The first kappa shape index (κ1) is 24.0. The van der Waals surface area contributed by atoms with Gasteiger partial charge in [0.2, 0.25) is 11.6 Å². The number of alkyl halides is 2. The van der Waals surface area contributed by atoms with Crippen molar-refractivity contribution < 1.29 is 22.6 Å². The summed E-state index contributed by atoms with van der Waals surface area (Å²) >= 11 is 5.87. The molecule has 8 nitrogen and oxygen atoms in total. The summed E-state index contributed by atoms with van der Waals surface area (Å²) in [6, 6.07) is 3.57. The Balaban J connectivity index is 2.18. The molecule has 0 spiro atoms. The zero-order valence-electron chi connectivity index (χ0n) is 17.9. The lowest BCUT2D eigenvalue weighted by atomic mass is 10.2. The number of nitriles is 1. The predicted molar refractivity (Wildman–Crippen MR) is 111 cm³/mol. The minimum Gasteiger partial charge on any atom is -0.481 e. The van der Waals surface area contributed by atoms with Crippen LogP contribution in [0, 0.1) is 31.0 Å². The highest BCUT2D eigenvalue weighted by Gasteiger charge is 2.34. The normalized spacial score (nSPS) is 11.2. The number of rotatable bonds is 6. The second-order valence-corrected chi connectivity index (χ2v) is 7.50. The molecule has 0 amide bonds. The molecule has 0 radical (unpaired) electrons. The lowest BCUT2D eigenvalue weighted by Gasteiger charge is -2.18. The van der Waals surface area contributed by atoms with Crippen molar-refractivity contribution in [2.24, 2.45) is 0 Å². The minimum absolute atomic E-state index is 0.0888. The van der Waals surface area contributed by atoms with E-state index in [1.807, 2.05) is 0 Å². The molecule has 0 unspecified atom stereocenters. The molecule has 0 aliphatic carbocycles. The van der Waals surface area contributed by atoms with Crippen LogP contribution in [-0.4, -0.2) is 26.6 Å². The van der Waals surface area contributed by atoms with Crippen molar-refractivity contribution in [1.29, 1.82) is 5.26 Å². The SMILES string of the molecule is COc1nc(C)nc(C)c1Cn1cnc(C(C)(F)F)c(Oc2cc(Cl)cc(C#N)c2F)c1=O. The Bertz CT molecular complexity index is 1330. The van der Waals surface area contributed by atoms with Gasteiger partial charge in [-0.3, -0.25) is 9.36 Å². The molecule has 12 heteroatoms. The summed E-state index contributed by atoms with van der Waals surface area (Å²) in [6.07, 6.45) is 0.912. The van der Waals surface area contributed by atoms with Gasteiger partial charge in [-0.25, -0.2) is 14.4 Å². The maximum absolute atomic E-state index is 14.6. The molecule has 0 fully saturated rings. The Morgan fingerprint density at radius 1 is 1.27 bits per heavy atom. The van der Waals surface area contributed by atoms with Crippen LogP contribution in [0.4, 0.5) is 13.2 Å². The molecule has 172 valence electrons. The molecule has 2 aromatic heterocycles. The summed E-state index contributed by atoms with van der Waals surface area (Å²) in [6.45, 7) is 3.66.